The lowest BCUT2D eigenvalue weighted by Crippen LogP contribution is -2.05. The van der Waals surface area contributed by atoms with Crippen LogP contribution in [0.1, 0.15) is 6.92 Å². The van der Waals surface area contributed by atoms with Gasteiger partial charge in [0.2, 0.25) is 5.91 Å². The Bertz CT molecular complexity index is 550. The largest absolute Gasteiger partial charge is 0.382 e. The van der Waals surface area contributed by atoms with E-state index in [1.54, 1.807) is 17.8 Å². The topological polar surface area (TPSA) is 72.9 Å². The number of benzene rings is 1. The van der Waals surface area contributed by atoms with Gasteiger partial charge in [0, 0.05) is 29.5 Å². The molecule has 1 heterocycles. The van der Waals surface area contributed by atoms with Gasteiger partial charge in [-0.05, 0) is 30.3 Å². The van der Waals surface area contributed by atoms with Crippen LogP contribution in [0.15, 0.2) is 41.4 Å². The number of amides is 1. The summed E-state index contributed by atoms with van der Waals surface area (Å²) in [5, 5.41) is 6.86. The second-order valence-electron chi connectivity index (χ2n) is 4.06. The van der Waals surface area contributed by atoms with Crippen LogP contribution < -0.4 is 11.1 Å². The maximum Gasteiger partial charge on any atom is 0.221 e. The molecule has 0 unspecified atom stereocenters. The molecule has 1 amide bonds. The fraction of sp³-hybridized carbons (Fsp3) is 0.231. The van der Waals surface area contributed by atoms with Gasteiger partial charge in [-0.3, -0.25) is 9.48 Å². The van der Waals surface area contributed by atoms with Crippen LogP contribution in [0.25, 0.3) is 0 Å². The van der Waals surface area contributed by atoms with Crippen molar-refractivity contribution in [3.8, 4) is 0 Å². The Morgan fingerprint density at radius 2 is 2.11 bits per heavy atom. The van der Waals surface area contributed by atoms with Gasteiger partial charge in [-0.25, -0.2) is 0 Å². The van der Waals surface area contributed by atoms with Crippen molar-refractivity contribution in [2.24, 2.45) is 0 Å². The third-order valence-corrected chi connectivity index (χ3v) is 3.42. The Morgan fingerprint density at radius 3 is 2.68 bits per heavy atom. The standard InChI is InChI=1S/C13H16N4OS/c1-10(18)15-11-2-4-12(5-3-11)19-9-8-17-7-6-13(14)16-17/h2-7H,8-9H2,1H3,(H2,14,16)(H,15,18). The van der Waals surface area contributed by atoms with Gasteiger partial charge in [0.25, 0.3) is 0 Å². The zero-order chi connectivity index (χ0) is 13.7. The maximum absolute atomic E-state index is 10.9. The van der Waals surface area contributed by atoms with E-state index in [2.05, 4.69) is 10.4 Å². The molecule has 0 spiro atoms. The molecular formula is C13H16N4OS. The number of nitrogens with zero attached hydrogens (tertiary/aromatic N) is 2. The number of aryl methyl sites for hydroxylation is 1. The van der Waals surface area contributed by atoms with E-state index >= 15 is 0 Å². The van der Waals surface area contributed by atoms with Crippen LogP contribution >= 0.6 is 11.8 Å². The van der Waals surface area contributed by atoms with E-state index in [-0.39, 0.29) is 5.91 Å². The summed E-state index contributed by atoms with van der Waals surface area (Å²) >= 11 is 1.74. The van der Waals surface area contributed by atoms with Gasteiger partial charge < -0.3 is 11.1 Å². The summed E-state index contributed by atoms with van der Waals surface area (Å²) in [4.78, 5) is 12.1. The molecule has 2 aromatic rings. The second kappa shape index (κ2) is 6.29. The van der Waals surface area contributed by atoms with Crippen molar-refractivity contribution >= 4 is 29.2 Å². The Hall–Kier alpha value is -1.95. The van der Waals surface area contributed by atoms with Crippen molar-refractivity contribution in [2.75, 3.05) is 16.8 Å². The summed E-state index contributed by atoms with van der Waals surface area (Å²) < 4.78 is 1.83. The Labute approximate surface area is 116 Å². The molecule has 0 aliphatic heterocycles. The van der Waals surface area contributed by atoms with Gasteiger partial charge in [-0.15, -0.1) is 11.8 Å². The molecule has 0 radical (unpaired) electrons. The normalized spacial score (nSPS) is 10.4. The molecule has 100 valence electrons. The lowest BCUT2D eigenvalue weighted by molar-refractivity contribution is -0.114. The number of anilines is 2. The summed E-state index contributed by atoms with van der Waals surface area (Å²) in [6.07, 6.45) is 1.87. The molecule has 1 aromatic heterocycles. The van der Waals surface area contributed by atoms with E-state index in [4.69, 9.17) is 5.73 Å². The van der Waals surface area contributed by atoms with Crippen molar-refractivity contribution in [2.45, 2.75) is 18.4 Å². The maximum atomic E-state index is 10.9. The van der Waals surface area contributed by atoms with Gasteiger partial charge in [-0.1, -0.05) is 0 Å². The molecule has 5 nitrogen and oxygen atoms in total. The van der Waals surface area contributed by atoms with Gasteiger partial charge in [0.1, 0.15) is 5.82 Å². The average Bonchev–Trinajstić information content (AvgIpc) is 2.77. The van der Waals surface area contributed by atoms with Gasteiger partial charge in [0.05, 0.1) is 6.54 Å². The Kier molecular flexibility index (Phi) is 4.46. The number of nitrogens with one attached hydrogen (secondary N) is 1. The molecule has 2 rings (SSSR count). The highest BCUT2D eigenvalue weighted by Gasteiger charge is 1.99. The molecule has 1 aromatic carbocycles. The molecule has 0 aliphatic carbocycles. The summed E-state index contributed by atoms with van der Waals surface area (Å²) in [6, 6.07) is 9.57. The number of aromatic nitrogens is 2. The van der Waals surface area contributed by atoms with Crippen molar-refractivity contribution < 1.29 is 4.79 Å². The van der Waals surface area contributed by atoms with Crippen LogP contribution in [0.4, 0.5) is 11.5 Å². The summed E-state index contributed by atoms with van der Waals surface area (Å²) in [7, 11) is 0. The molecule has 6 heteroatoms. The number of hydrogen-bond acceptors (Lipinski definition) is 4. The van der Waals surface area contributed by atoms with Crippen LogP contribution in [-0.4, -0.2) is 21.4 Å². The first-order valence-electron chi connectivity index (χ1n) is 5.93. The third-order valence-electron chi connectivity index (χ3n) is 2.43. The van der Waals surface area contributed by atoms with Crippen molar-refractivity contribution in [3.05, 3.63) is 36.5 Å². The van der Waals surface area contributed by atoms with Crippen molar-refractivity contribution in [1.82, 2.24) is 9.78 Å². The quantitative estimate of drug-likeness (QED) is 0.821. The highest BCUT2D eigenvalue weighted by molar-refractivity contribution is 7.99. The first-order chi connectivity index (χ1) is 9.13. The number of hydrogen-bond donors (Lipinski definition) is 2. The van der Waals surface area contributed by atoms with E-state index in [0.717, 1.165) is 22.9 Å². The minimum atomic E-state index is -0.0586. The van der Waals surface area contributed by atoms with Crippen molar-refractivity contribution in [3.63, 3.8) is 0 Å². The number of carbonyl (C=O) groups is 1. The van der Waals surface area contributed by atoms with E-state index < -0.39 is 0 Å². The van der Waals surface area contributed by atoms with Crippen LogP contribution in [0, 0.1) is 0 Å². The monoisotopic (exact) mass is 276 g/mol. The summed E-state index contributed by atoms with van der Waals surface area (Å²) in [5.41, 5.74) is 6.36. The van der Waals surface area contributed by atoms with Gasteiger partial charge in [-0.2, -0.15) is 5.10 Å². The summed E-state index contributed by atoms with van der Waals surface area (Å²) in [6.45, 7) is 2.31. The molecular weight excluding hydrogens is 260 g/mol. The molecule has 0 fully saturated rings. The minimum absolute atomic E-state index is 0.0586. The Balaban J connectivity index is 1.81. The number of nitrogens with two attached hydrogens (primary N) is 1. The molecule has 0 saturated heterocycles. The number of rotatable bonds is 5. The van der Waals surface area contributed by atoms with Crippen LogP contribution in [0.2, 0.25) is 0 Å². The number of thioether (sulfide) groups is 1. The third kappa shape index (κ3) is 4.33. The smallest absolute Gasteiger partial charge is 0.221 e. The van der Waals surface area contributed by atoms with Gasteiger partial charge >= 0.3 is 0 Å². The second-order valence-corrected chi connectivity index (χ2v) is 5.23. The SMILES string of the molecule is CC(=O)Nc1ccc(SCCn2ccc(N)n2)cc1. The lowest BCUT2D eigenvalue weighted by atomic mass is 10.3. The van der Waals surface area contributed by atoms with E-state index in [1.807, 2.05) is 35.1 Å². The fourth-order valence-electron chi connectivity index (χ4n) is 1.60. The molecule has 0 saturated carbocycles. The minimum Gasteiger partial charge on any atom is -0.382 e. The first kappa shape index (κ1) is 13.5. The first-order valence-corrected chi connectivity index (χ1v) is 6.91. The highest BCUT2D eigenvalue weighted by Crippen LogP contribution is 2.20. The molecule has 19 heavy (non-hydrogen) atoms. The zero-order valence-electron chi connectivity index (χ0n) is 10.7. The molecule has 3 N–H and O–H groups in total. The predicted octanol–water partition coefficient (Wildman–Crippen LogP) is 2.22. The molecule has 0 aliphatic rings. The van der Waals surface area contributed by atoms with E-state index in [0.29, 0.717) is 5.82 Å². The Morgan fingerprint density at radius 1 is 1.37 bits per heavy atom. The van der Waals surface area contributed by atoms with Crippen molar-refractivity contribution in [1.29, 1.82) is 0 Å². The predicted molar refractivity (Wildman–Crippen MR) is 78.1 cm³/mol. The zero-order valence-corrected chi connectivity index (χ0v) is 11.5. The number of carbonyl (C=O) groups excluding carboxylic acids is 1. The lowest BCUT2D eigenvalue weighted by Gasteiger charge is -2.05. The van der Waals surface area contributed by atoms with Gasteiger partial charge in [0.15, 0.2) is 0 Å². The van der Waals surface area contributed by atoms with Crippen LogP contribution in [0.5, 0.6) is 0 Å². The average molecular weight is 276 g/mol. The van der Waals surface area contributed by atoms with E-state index in [9.17, 15) is 4.79 Å². The van der Waals surface area contributed by atoms with Crippen LogP contribution in [0.3, 0.4) is 0 Å². The number of nitrogen functional groups attached to an aromatic ring is 1. The van der Waals surface area contributed by atoms with Crippen LogP contribution in [-0.2, 0) is 11.3 Å². The fourth-order valence-corrected chi connectivity index (χ4v) is 2.44. The van der Waals surface area contributed by atoms with E-state index in [1.165, 1.54) is 6.92 Å². The summed E-state index contributed by atoms with van der Waals surface area (Å²) in [5.74, 6) is 1.40. The molecule has 0 bridgehead atoms. The molecule has 0 atom stereocenters. The highest BCUT2D eigenvalue weighted by atomic mass is 32.2.